The number of oxazole rings is 1. The Morgan fingerprint density at radius 1 is 1.53 bits per heavy atom. The summed E-state index contributed by atoms with van der Waals surface area (Å²) >= 11 is 0. The van der Waals surface area contributed by atoms with Gasteiger partial charge in [0.15, 0.2) is 0 Å². The van der Waals surface area contributed by atoms with Crippen LogP contribution in [0.1, 0.15) is 16.1 Å². The lowest BCUT2D eigenvalue weighted by Gasteiger charge is -1.96. The predicted octanol–water partition coefficient (Wildman–Crippen LogP) is 1.74. The van der Waals surface area contributed by atoms with E-state index in [1.54, 1.807) is 6.92 Å². The van der Waals surface area contributed by atoms with Gasteiger partial charge in [0.25, 0.3) is 0 Å². The summed E-state index contributed by atoms with van der Waals surface area (Å²) in [6, 6.07) is 2.84. The van der Waals surface area contributed by atoms with E-state index in [-0.39, 0.29) is 5.56 Å². The Hall–Kier alpha value is -2.17. The fraction of sp³-hybridized carbons (Fsp3) is 0.100. The highest BCUT2D eigenvalue weighted by Crippen LogP contribution is 2.16. The minimum Gasteiger partial charge on any atom is -0.478 e. The highest BCUT2D eigenvalue weighted by Gasteiger charge is 2.09. The van der Waals surface area contributed by atoms with Crippen molar-refractivity contribution >= 4 is 5.97 Å². The summed E-state index contributed by atoms with van der Waals surface area (Å²) in [6.07, 6.45) is 2.91. The molecule has 0 fully saturated rings. The van der Waals surface area contributed by atoms with Gasteiger partial charge in [0.1, 0.15) is 12.0 Å². The smallest absolute Gasteiger partial charge is 0.335 e. The van der Waals surface area contributed by atoms with E-state index in [0.717, 1.165) is 5.69 Å². The third-order valence-electron chi connectivity index (χ3n) is 1.85. The first-order valence-electron chi connectivity index (χ1n) is 4.28. The van der Waals surface area contributed by atoms with E-state index < -0.39 is 5.97 Å². The molecule has 0 atom stereocenters. The molecule has 5 nitrogen and oxygen atoms in total. The third-order valence-corrected chi connectivity index (χ3v) is 1.85. The van der Waals surface area contributed by atoms with E-state index in [4.69, 9.17) is 9.52 Å². The largest absolute Gasteiger partial charge is 0.478 e. The Bertz CT molecular complexity index is 505. The van der Waals surface area contributed by atoms with Crippen LogP contribution in [-0.4, -0.2) is 21.0 Å². The van der Waals surface area contributed by atoms with Crippen molar-refractivity contribution in [2.75, 3.05) is 0 Å². The van der Waals surface area contributed by atoms with Crippen molar-refractivity contribution in [3.63, 3.8) is 0 Å². The molecule has 0 saturated heterocycles. The molecular weight excluding hydrogens is 196 g/mol. The molecule has 2 heterocycles. The van der Waals surface area contributed by atoms with Gasteiger partial charge in [-0.25, -0.2) is 9.78 Å². The van der Waals surface area contributed by atoms with Crippen LogP contribution in [0, 0.1) is 6.92 Å². The predicted molar refractivity (Wildman–Crippen MR) is 51.4 cm³/mol. The second kappa shape index (κ2) is 3.53. The van der Waals surface area contributed by atoms with E-state index >= 15 is 0 Å². The summed E-state index contributed by atoms with van der Waals surface area (Å²) in [6.45, 7) is 1.79. The number of carbonyl (C=O) groups is 1. The molecule has 0 aromatic carbocycles. The summed E-state index contributed by atoms with van der Waals surface area (Å²) < 4.78 is 5.12. The second-order valence-corrected chi connectivity index (χ2v) is 3.03. The minimum absolute atomic E-state index is 0.163. The molecule has 0 aliphatic carbocycles. The molecule has 15 heavy (non-hydrogen) atoms. The number of carboxylic acids is 1. The van der Waals surface area contributed by atoms with Crippen LogP contribution >= 0.6 is 0 Å². The van der Waals surface area contributed by atoms with Gasteiger partial charge in [0.05, 0.1) is 11.3 Å². The zero-order chi connectivity index (χ0) is 10.8. The van der Waals surface area contributed by atoms with Crippen molar-refractivity contribution in [1.82, 2.24) is 9.97 Å². The average molecular weight is 204 g/mol. The molecule has 2 rings (SSSR count). The van der Waals surface area contributed by atoms with Gasteiger partial charge in [-0.2, -0.15) is 0 Å². The first-order chi connectivity index (χ1) is 7.16. The SMILES string of the molecule is Cc1coc(-c2cc(C(=O)O)ccn2)n1. The van der Waals surface area contributed by atoms with Gasteiger partial charge in [-0.05, 0) is 19.1 Å². The number of rotatable bonds is 2. The first kappa shape index (κ1) is 9.39. The molecule has 5 heteroatoms. The number of hydrogen-bond donors (Lipinski definition) is 1. The summed E-state index contributed by atoms with van der Waals surface area (Å²) in [5, 5.41) is 8.78. The maximum atomic E-state index is 10.7. The number of pyridine rings is 1. The first-order valence-corrected chi connectivity index (χ1v) is 4.28. The van der Waals surface area contributed by atoms with Crippen LogP contribution in [0.5, 0.6) is 0 Å². The number of hydrogen-bond acceptors (Lipinski definition) is 4. The Balaban J connectivity index is 2.45. The van der Waals surface area contributed by atoms with Gasteiger partial charge < -0.3 is 9.52 Å². The number of aryl methyl sites for hydroxylation is 1. The van der Waals surface area contributed by atoms with Crippen LogP contribution in [0.3, 0.4) is 0 Å². The van der Waals surface area contributed by atoms with Gasteiger partial charge in [-0.1, -0.05) is 0 Å². The van der Waals surface area contributed by atoms with Crippen molar-refractivity contribution in [2.45, 2.75) is 6.92 Å². The van der Waals surface area contributed by atoms with E-state index in [9.17, 15) is 4.79 Å². The normalized spacial score (nSPS) is 10.2. The molecule has 76 valence electrons. The Morgan fingerprint density at radius 3 is 2.93 bits per heavy atom. The zero-order valence-electron chi connectivity index (χ0n) is 7.97. The summed E-state index contributed by atoms with van der Waals surface area (Å²) in [5.41, 5.74) is 1.31. The van der Waals surface area contributed by atoms with Crippen LogP contribution < -0.4 is 0 Å². The molecule has 0 amide bonds. The Morgan fingerprint density at radius 2 is 2.33 bits per heavy atom. The third kappa shape index (κ3) is 1.85. The minimum atomic E-state index is -0.998. The van der Waals surface area contributed by atoms with Crippen LogP contribution in [-0.2, 0) is 0 Å². The number of carboxylic acid groups (broad SMARTS) is 1. The number of nitrogens with zero attached hydrogens (tertiary/aromatic N) is 2. The van der Waals surface area contributed by atoms with Crippen LogP contribution in [0.15, 0.2) is 29.0 Å². The molecule has 1 N–H and O–H groups in total. The van der Waals surface area contributed by atoms with Crippen molar-refractivity contribution in [3.05, 3.63) is 35.9 Å². The number of aromatic carboxylic acids is 1. The van der Waals surface area contributed by atoms with Gasteiger partial charge >= 0.3 is 5.97 Å². The molecule has 0 spiro atoms. The fourth-order valence-corrected chi connectivity index (χ4v) is 1.15. The molecule has 0 radical (unpaired) electrons. The average Bonchev–Trinajstić information content (AvgIpc) is 2.65. The van der Waals surface area contributed by atoms with Crippen LogP contribution in [0.25, 0.3) is 11.6 Å². The van der Waals surface area contributed by atoms with E-state index in [0.29, 0.717) is 11.6 Å². The van der Waals surface area contributed by atoms with Gasteiger partial charge in [0, 0.05) is 6.20 Å². The van der Waals surface area contributed by atoms with Crippen LogP contribution in [0.4, 0.5) is 0 Å². The standard InChI is InChI=1S/C10H8N2O3/c1-6-5-15-9(12-6)8-4-7(10(13)14)2-3-11-8/h2-5H,1H3,(H,13,14). The molecule has 0 bridgehead atoms. The highest BCUT2D eigenvalue weighted by molar-refractivity contribution is 5.88. The van der Waals surface area contributed by atoms with Crippen LogP contribution in [0.2, 0.25) is 0 Å². The lowest BCUT2D eigenvalue weighted by Crippen LogP contribution is -1.97. The van der Waals surface area contributed by atoms with Crippen molar-refractivity contribution < 1.29 is 14.3 Å². The summed E-state index contributed by atoms with van der Waals surface area (Å²) in [5.74, 6) is -0.669. The lowest BCUT2D eigenvalue weighted by molar-refractivity contribution is 0.0697. The monoisotopic (exact) mass is 204 g/mol. The Kier molecular flexibility index (Phi) is 2.21. The van der Waals surface area contributed by atoms with Gasteiger partial charge in [-0.3, -0.25) is 4.98 Å². The highest BCUT2D eigenvalue weighted by atomic mass is 16.4. The quantitative estimate of drug-likeness (QED) is 0.806. The topological polar surface area (TPSA) is 76.2 Å². The lowest BCUT2D eigenvalue weighted by atomic mass is 10.2. The van der Waals surface area contributed by atoms with E-state index in [1.165, 1.54) is 24.6 Å². The maximum Gasteiger partial charge on any atom is 0.335 e. The molecule has 0 aliphatic rings. The summed E-state index contributed by atoms with van der Waals surface area (Å²) in [7, 11) is 0. The maximum absolute atomic E-state index is 10.7. The molecule has 0 unspecified atom stereocenters. The molecule has 2 aromatic rings. The fourth-order valence-electron chi connectivity index (χ4n) is 1.15. The summed E-state index contributed by atoms with van der Waals surface area (Å²) in [4.78, 5) is 18.8. The number of aromatic nitrogens is 2. The van der Waals surface area contributed by atoms with Gasteiger partial charge in [-0.15, -0.1) is 0 Å². The molecule has 2 aromatic heterocycles. The van der Waals surface area contributed by atoms with Crippen molar-refractivity contribution in [2.24, 2.45) is 0 Å². The molecule has 0 aliphatic heterocycles. The van der Waals surface area contributed by atoms with Crippen molar-refractivity contribution in [1.29, 1.82) is 0 Å². The molecule has 0 saturated carbocycles. The van der Waals surface area contributed by atoms with Crippen molar-refractivity contribution in [3.8, 4) is 11.6 Å². The van der Waals surface area contributed by atoms with Gasteiger partial charge in [0.2, 0.25) is 5.89 Å². The molecular formula is C10H8N2O3. The second-order valence-electron chi connectivity index (χ2n) is 3.03. The Labute approximate surface area is 85.4 Å². The van der Waals surface area contributed by atoms with E-state index in [1.807, 2.05) is 0 Å². The zero-order valence-corrected chi connectivity index (χ0v) is 7.97. The van der Waals surface area contributed by atoms with E-state index in [2.05, 4.69) is 9.97 Å².